The van der Waals surface area contributed by atoms with Crippen LogP contribution in [0.5, 0.6) is 0 Å². The normalized spacial score (nSPS) is 11.5. The lowest BCUT2D eigenvalue weighted by molar-refractivity contribution is -0.137. The van der Waals surface area contributed by atoms with E-state index in [1.54, 1.807) is 6.26 Å². The molecule has 0 aliphatic carbocycles. The van der Waals surface area contributed by atoms with Crippen molar-refractivity contribution in [1.82, 2.24) is 0 Å². The van der Waals surface area contributed by atoms with Crippen LogP contribution in [0.1, 0.15) is 11.1 Å². The fourth-order valence-corrected chi connectivity index (χ4v) is 1.88. The highest BCUT2D eigenvalue weighted by atomic mass is 32.2. The minimum absolute atomic E-state index is 0.270. The molecular formula is C10H9F3O2S. The number of thioether (sulfide) groups is 1. The van der Waals surface area contributed by atoms with Crippen molar-refractivity contribution < 1.29 is 23.1 Å². The van der Waals surface area contributed by atoms with Crippen molar-refractivity contribution in [3.05, 3.63) is 29.3 Å². The molecule has 1 aromatic rings. The number of carbonyl (C=O) groups is 1. The van der Waals surface area contributed by atoms with Crippen LogP contribution in [0.3, 0.4) is 0 Å². The quantitative estimate of drug-likeness (QED) is 0.838. The fourth-order valence-electron chi connectivity index (χ4n) is 1.23. The molecule has 0 aliphatic rings. The molecule has 0 radical (unpaired) electrons. The SMILES string of the molecule is CSc1cc(C(F)(F)F)ccc1CC(=O)O. The molecule has 0 atom stereocenters. The van der Waals surface area contributed by atoms with Crippen molar-refractivity contribution in [2.45, 2.75) is 17.5 Å². The second-order valence-electron chi connectivity index (χ2n) is 3.09. The highest BCUT2D eigenvalue weighted by molar-refractivity contribution is 7.98. The van der Waals surface area contributed by atoms with Gasteiger partial charge in [0.05, 0.1) is 12.0 Å². The molecule has 0 saturated heterocycles. The van der Waals surface area contributed by atoms with Gasteiger partial charge in [-0.25, -0.2) is 0 Å². The number of hydrogen-bond donors (Lipinski definition) is 1. The number of alkyl halides is 3. The third kappa shape index (κ3) is 3.16. The molecule has 0 aromatic heterocycles. The average molecular weight is 250 g/mol. The summed E-state index contributed by atoms with van der Waals surface area (Å²) in [6.45, 7) is 0. The molecule has 0 saturated carbocycles. The molecule has 0 heterocycles. The van der Waals surface area contributed by atoms with Crippen LogP contribution in [0, 0.1) is 0 Å². The zero-order chi connectivity index (χ0) is 12.3. The van der Waals surface area contributed by atoms with Crippen LogP contribution in [-0.4, -0.2) is 17.3 Å². The Morgan fingerprint density at radius 1 is 1.44 bits per heavy atom. The maximum atomic E-state index is 12.4. The summed E-state index contributed by atoms with van der Waals surface area (Å²) in [6, 6.07) is 3.09. The van der Waals surface area contributed by atoms with E-state index in [2.05, 4.69) is 0 Å². The minimum atomic E-state index is -4.40. The summed E-state index contributed by atoms with van der Waals surface area (Å²) >= 11 is 1.10. The van der Waals surface area contributed by atoms with E-state index in [1.807, 2.05) is 0 Å². The standard InChI is InChI=1S/C10H9F3O2S/c1-16-8-5-7(10(11,12)13)3-2-6(8)4-9(14)15/h2-3,5H,4H2,1H3,(H,14,15). The highest BCUT2D eigenvalue weighted by Crippen LogP contribution is 2.33. The molecule has 0 fully saturated rings. The van der Waals surface area contributed by atoms with Crippen molar-refractivity contribution in [3.8, 4) is 0 Å². The van der Waals surface area contributed by atoms with E-state index in [0.29, 0.717) is 10.5 Å². The summed E-state index contributed by atoms with van der Waals surface area (Å²) < 4.78 is 37.1. The smallest absolute Gasteiger partial charge is 0.416 e. The number of carboxylic acids is 1. The second-order valence-corrected chi connectivity index (χ2v) is 3.94. The summed E-state index contributed by atoms with van der Waals surface area (Å²) in [5, 5.41) is 8.58. The van der Waals surface area contributed by atoms with Gasteiger partial charge >= 0.3 is 12.1 Å². The van der Waals surface area contributed by atoms with Crippen LogP contribution in [0.2, 0.25) is 0 Å². The molecule has 0 unspecified atom stereocenters. The van der Waals surface area contributed by atoms with Crippen molar-refractivity contribution in [2.24, 2.45) is 0 Å². The van der Waals surface area contributed by atoms with Gasteiger partial charge in [0, 0.05) is 4.90 Å². The van der Waals surface area contributed by atoms with Gasteiger partial charge in [0.15, 0.2) is 0 Å². The van der Waals surface area contributed by atoms with E-state index in [4.69, 9.17) is 5.11 Å². The Kier molecular flexibility index (Phi) is 3.85. The van der Waals surface area contributed by atoms with Crippen LogP contribution >= 0.6 is 11.8 Å². The zero-order valence-corrected chi connectivity index (χ0v) is 9.15. The first-order valence-corrected chi connectivity index (χ1v) is 5.53. The lowest BCUT2D eigenvalue weighted by atomic mass is 10.1. The maximum Gasteiger partial charge on any atom is 0.416 e. The molecule has 88 valence electrons. The molecule has 16 heavy (non-hydrogen) atoms. The monoisotopic (exact) mass is 250 g/mol. The van der Waals surface area contributed by atoms with E-state index in [-0.39, 0.29) is 6.42 Å². The molecular weight excluding hydrogens is 241 g/mol. The van der Waals surface area contributed by atoms with Crippen molar-refractivity contribution in [2.75, 3.05) is 6.26 Å². The first kappa shape index (κ1) is 12.9. The molecule has 1 rings (SSSR count). The van der Waals surface area contributed by atoms with Gasteiger partial charge < -0.3 is 5.11 Å². The lowest BCUT2D eigenvalue weighted by Gasteiger charge is -2.10. The Morgan fingerprint density at radius 2 is 2.06 bits per heavy atom. The molecule has 1 N–H and O–H groups in total. The number of hydrogen-bond acceptors (Lipinski definition) is 2. The van der Waals surface area contributed by atoms with E-state index < -0.39 is 17.7 Å². The fraction of sp³-hybridized carbons (Fsp3) is 0.300. The van der Waals surface area contributed by atoms with E-state index in [1.165, 1.54) is 6.07 Å². The molecule has 0 aliphatic heterocycles. The number of carboxylic acid groups (broad SMARTS) is 1. The van der Waals surface area contributed by atoms with Crippen LogP contribution in [0.25, 0.3) is 0 Å². The first-order chi connectivity index (χ1) is 7.34. The number of rotatable bonds is 3. The molecule has 0 spiro atoms. The predicted octanol–water partition coefficient (Wildman–Crippen LogP) is 3.05. The number of halogens is 3. The second kappa shape index (κ2) is 4.78. The summed E-state index contributed by atoms with van der Waals surface area (Å²) in [7, 11) is 0. The number of aliphatic carboxylic acids is 1. The third-order valence-corrected chi connectivity index (χ3v) is 2.78. The topological polar surface area (TPSA) is 37.3 Å². The first-order valence-electron chi connectivity index (χ1n) is 4.30. The van der Waals surface area contributed by atoms with Gasteiger partial charge in [-0.3, -0.25) is 4.79 Å². The van der Waals surface area contributed by atoms with Gasteiger partial charge in [-0.15, -0.1) is 11.8 Å². The van der Waals surface area contributed by atoms with E-state index in [0.717, 1.165) is 23.9 Å². The summed E-state index contributed by atoms with van der Waals surface area (Å²) in [4.78, 5) is 10.8. The Labute approximate surface area is 94.5 Å². The van der Waals surface area contributed by atoms with Crippen LogP contribution in [-0.2, 0) is 17.4 Å². The Hall–Kier alpha value is -1.17. The Morgan fingerprint density at radius 3 is 2.50 bits per heavy atom. The largest absolute Gasteiger partial charge is 0.481 e. The Balaban J connectivity index is 3.11. The van der Waals surface area contributed by atoms with Gasteiger partial charge in [-0.1, -0.05) is 6.07 Å². The third-order valence-electron chi connectivity index (χ3n) is 1.96. The summed E-state index contributed by atoms with van der Waals surface area (Å²) in [6.07, 6.45) is -3.05. The van der Waals surface area contributed by atoms with Crippen molar-refractivity contribution >= 4 is 17.7 Å². The van der Waals surface area contributed by atoms with Crippen LogP contribution < -0.4 is 0 Å². The summed E-state index contributed by atoms with van der Waals surface area (Å²) in [5.74, 6) is -1.06. The maximum absolute atomic E-state index is 12.4. The van der Waals surface area contributed by atoms with Crippen molar-refractivity contribution in [1.29, 1.82) is 0 Å². The van der Waals surface area contributed by atoms with E-state index >= 15 is 0 Å². The average Bonchev–Trinajstić information content (AvgIpc) is 2.15. The van der Waals surface area contributed by atoms with Gasteiger partial charge in [-0.05, 0) is 24.0 Å². The van der Waals surface area contributed by atoms with Crippen LogP contribution in [0.15, 0.2) is 23.1 Å². The molecule has 0 amide bonds. The molecule has 0 bridgehead atoms. The predicted molar refractivity (Wildman–Crippen MR) is 54.6 cm³/mol. The van der Waals surface area contributed by atoms with Gasteiger partial charge in [-0.2, -0.15) is 13.2 Å². The molecule has 1 aromatic carbocycles. The van der Waals surface area contributed by atoms with Crippen LogP contribution in [0.4, 0.5) is 13.2 Å². The van der Waals surface area contributed by atoms with Gasteiger partial charge in [0.1, 0.15) is 0 Å². The van der Waals surface area contributed by atoms with Crippen molar-refractivity contribution in [3.63, 3.8) is 0 Å². The molecule has 6 heteroatoms. The lowest BCUT2D eigenvalue weighted by Crippen LogP contribution is -2.07. The molecule has 2 nitrogen and oxygen atoms in total. The summed E-state index contributed by atoms with van der Waals surface area (Å²) in [5.41, 5.74) is -0.362. The van der Waals surface area contributed by atoms with E-state index in [9.17, 15) is 18.0 Å². The van der Waals surface area contributed by atoms with Gasteiger partial charge in [0.25, 0.3) is 0 Å². The number of benzene rings is 1. The van der Waals surface area contributed by atoms with Gasteiger partial charge in [0.2, 0.25) is 0 Å². The Bertz CT molecular complexity index is 402. The zero-order valence-electron chi connectivity index (χ0n) is 8.34. The highest BCUT2D eigenvalue weighted by Gasteiger charge is 2.30. The minimum Gasteiger partial charge on any atom is -0.481 e.